The van der Waals surface area contributed by atoms with Crippen LogP contribution in [-0.4, -0.2) is 12.6 Å². The van der Waals surface area contributed by atoms with Crippen LogP contribution in [0.3, 0.4) is 0 Å². The second-order valence-electron chi connectivity index (χ2n) is 5.73. The van der Waals surface area contributed by atoms with E-state index in [2.05, 4.69) is 0 Å². The Kier molecular flexibility index (Phi) is 4.11. The Labute approximate surface area is 148 Å². The van der Waals surface area contributed by atoms with E-state index in [0.717, 1.165) is 16.2 Å². The SMILES string of the molecule is O=C(COc1ccc2ccccc2c1)Oc1ccc2ccc(=O)oc2c1. The van der Waals surface area contributed by atoms with Crippen LogP contribution in [0.2, 0.25) is 0 Å². The van der Waals surface area contributed by atoms with Gasteiger partial charge in [0.15, 0.2) is 6.61 Å². The average molecular weight is 346 g/mol. The van der Waals surface area contributed by atoms with E-state index in [9.17, 15) is 9.59 Å². The Morgan fingerprint density at radius 1 is 0.808 bits per heavy atom. The van der Waals surface area contributed by atoms with E-state index in [1.54, 1.807) is 24.3 Å². The maximum absolute atomic E-state index is 12.0. The average Bonchev–Trinajstić information content (AvgIpc) is 2.66. The van der Waals surface area contributed by atoms with Crippen LogP contribution < -0.4 is 15.1 Å². The highest BCUT2D eigenvalue weighted by molar-refractivity contribution is 5.84. The molecule has 128 valence electrons. The maximum atomic E-state index is 12.0. The van der Waals surface area contributed by atoms with Gasteiger partial charge in [-0.05, 0) is 41.1 Å². The fourth-order valence-corrected chi connectivity index (χ4v) is 2.66. The third-order valence-corrected chi connectivity index (χ3v) is 3.90. The van der Waals surface area contributed by atoms with Crippen molar-refractivity contribution in [3.8, 4) is 11.5 Å². The van der Waals surface area contributed by atoms with Gasteiger partial charge in [0.2, 0.25) is 0 Å². The van der Waals surface area contributed by atoms with Crippen molar-refractivity contribution >= 4 is 27.7 Å². The summed E-state index contributed by atoms with van der Waals surface area (Å²) in [5, 5.41) is 2.87. The molecule has 4 aromatic rings. The summed E-state index contributed by atoms with van der Waals surface area (Å²) in [5.74, 6) is 0.333. The number of benzene rings is 3. The van der Waals surface area contributed by atoms with Gasteiger partial charge in [0.25, 0.3) is 0 Å². The Bertz CT molecular complexity index is 1160. The van der Waals surface area contributed by atoms with Gasteiger partial charge in [-0.2, -0.15) is 0 Å². The Morgan fingerprint density at radius 2 is 1.54 bits per heavy atom. The van der Waals surface area contributed by atoms with Gasteiger partial charge in [0, 0.05) is 17.5 Å². The molecule has 26 heavy (non-hydrogen) atoms. The highest BCUT2D eigenvalue weighted by Gasteiger charge is 2.08. The Morgan fingerprint density at radius 3 is 2.42 bits per heavy atom. The molecule has 0 unspecified atom stereocenters. The van der Waals surface area contributed by atoms with Gasteiger partial charge in [0.05, 0.1) is 0 Å². The molecule has 0 bridgehead atoms. The van der Waals surface area contributed by atoms with Gasteiger partial charge >= 0.3 is 11.6 Å². The predicted molar refractivity (Wildman–Crippen MR) is 97.6 cm³/mol. The van der Waals surface area contributed by atoms with Crippen molar-refractivity contribution in [3.05, 3.63) is 83.2 Å². The lowest BCUT2D eigenvalue weighted by molar-refractivity contribution is -0.136. The van der Waals surface area contributed by atoms with Gasteiger partial charge in [-0.15, -0.1) is 0 Å². The van der Waals surface area contributed by atoms with E-state index in [0.29, 0.717) is 17.1 Å². The first-order chi connectivity index (χ1) is 12.7. The molecule has 0 aliphatic heterocycles. The normalized spacial score (nSPS) is 10.8. The fraction of sp³-hybridized carbons (Fsp3) is 0.0476. The highest BCUT2D eigenvalue weighted by atomic mass is 16.6. The predicted octanol–water partition coefficient (Wildman–Crippen LogP) is 3.93. The van der Waals surface area contributed by atoms with Crippen LogP contribution in [0.5, 0.6) is 11.5 Å². The van der Waals surface area contributed by atoms with Crippen molar-refractivity contribution in [2.75, 3.05) is 6.61 Å². The molecule has 1 heterocycles. The van der Waals surface area contributed by atoms with Gasteiger partial charge in [-0.25, -0.2) is 9.59 Å². The number of esters is 1. The summed E-state index contributed by atoms with van der Waals surface area (Å²) < 4.78 is 15.8. The Balaban J connectivity index is 1.44. The fourth-order valence-electron chi connectivity index (χ4n) is 2.66. The molecule has 0 amide bonds. The molecular formula is C21H14O5. The molecule has 4 rings (SSSR count). The number of carbonyl (C=O) groups is 1. The number of rotatable bonds is 4. The van der Waals surface area contributed by atoms with Gasteiger partial charge in [-0.3, -0.25) is 0 Å². The van der Waals surface area contributed by atoms with Crippen molar-refractivity contribution < 1.29 is 18.7 Å². The van der Waals surface area contributed by atoms with E-state index >= 15 is 0 Å². The van der Waals surface area contributed by atoms with Crippen LogP contribution in [-0.2, 0) is 4.79 Å². The van der Waals surface area contributed by atoms with Crippen LogP contribution in [0.25, 0.3) is 21.7 Å². The summed E-state index contributed by atoms with van der Waals surface area (Å²) in [5.41, 5.74) is -0.0983. The summed E-state index contributed by atoms with van der Waals surface area (Å²) in [7, 11) is 0. The molecule has 0 saturated carbocycles. The van der Waals surface area contributed by atoms with Crippen LogP contribution >= 0.6 is 0 Å². The summed E-state index contributed by atoms with van der Waals surface area (Å²) in [4.78, 5) is 23.3. The molecule has 5 heteroatoms. The number of hydrogen-bond acceptors (Lipinski definition) is 5. The summed E-state index contributed by atoms with van der Waals surface area (Å²) in [6.45, 7) is -0.227. The van der Waals surface area contributed by atoms with E-state index < -0.39 is 11.6 Å². The zero-order chi connectivity index (χ0) is 17.9. The minimum atomic E-state index is -0.546. The lowest BCUT2D eigenvalue weighted by Gasteiger charge is -2.08. The second-order valence-corrected chi connectivity index (χ2v) is 5.73. The largest absolute Gasteiger partial charge is 0.482 e. The standard InChI is InChI=1S/C21H14O5/c22-20-10-7-15-6-9-18(12-19(15)26-20)25-21(23)13-24-17-8-5-14-3-1-2-4-16(14)11-17/h1-12H,13H2. The zero-order valence-electron chi connectivity index (χ0n) is 13.7. The molecule has 5 nitrogen and oxygen atoms in total. The molecular weight excluding hydrogens is 332 g/mol. The molecule has 0 aliphatic rings. The highest BCUT2D eigenvalue weighted by Crippen LogP contribution is 2.21. The molecule has 0 atom stereocenters. The third kappa shape index (κ3) is 3.42. The van der Waals surface area contributed by atoms with Crippen molar-refractivity contribution in [2.24, 2.45) is 0 Å². The summed E-state index contributed by atoms with van der Waals surface area (Å²) in [6, 6.07) is 21.3. The van der Waals surface area contributed by atoms with Crippen LogP contribution in [0.4, 0.5) is 0 Å². The molecule has 0 N–H and O–H groups in total. The zero-order valence-corrected chi connectivity index (χ0v) is 13.7. The number of hydrogen-bond donors (Lipinski definition) is 0. The molecule has 0 aliphatic carbocycles. The smallest absolute Gasteiger partial charge is 0.349 e. The van der Waals surface area contributed by atoms with Gasteiger partial charge < -0.3 is 13.9 Å². The molecule has 3 aromatic carbocycles. The monoisotopic (exact) mass is 346 g/mol. The summed E-state index contributed by atoms with van der Waals surface area (Å²) in [6.07, 6.45) is 0. The van der Waals surface area contributed by atoms with E-state index in [1.807, 2.05) is 36.4 Å². The first-order valence-corrected chi connectivity index (χ1v) is 8.04. The molecule has 0 radical (unpaired) electrons. The minimum Gasteiger partial charge on any atom is -0.482 e. The van der Waals surface area contributed by atoms with Crippen molar-refractivity contribution in [1.29, 1.82) is 0 Å². The molecule has 0 spiro atoms. The number of ether oxygens (including phenoxy) is 2. The quantitative estimate of drug-likeness (QED) is 0.318. The summed E-state index contributed by atoms with van der Waals surface area (Å²) >= 11 is 0. The molecule has 0 saturated heterocycles. The van der Waals surface area contributed by atoms with Crippen LogP contribution in [0, 0.1) is 0 Å². The van der Waals surface area contributed by atoms with Gasteiger partial charge in [-0.1, -0.05) is 30.3 Å². The van der Waals surface area contributed by atoms with E-state index in [4.69, 9.17) is 13.9 Å². The first kappa shape index (κ1) is 15.9. The molecule has 1 aromatic heterocycles. The Hall–Kier alpha value is -3.60. The topological polar surface area (TPSA) is 65.7 Å². The van der Waals surface area contributed by atoms with Crippen LogP contribution in [0.15, 0.2) is 82.0 Å². The van der Waals surface area contributed by atoms with Crippen molar-refractivity contribution in [2.45, 2.75) is 0 Å². The number of fused-ring (bicyclic) bond motifs is 2. The van der Waals surface area contributed by atoms with Crippen molar-refractivity contribution in [3.63, 3.8) is 0 Å². The van der Waals surface area contributed by atoms with Crippen LogP contribution in [0.1, 0.15) is 0 Å². The molecule has 0 fully saturated rings. The third-order valence-electron chi connectivity index (χ3n) is 3.90. The van der Waals surface area contributed by atoms with E-state index in [-0.39, 0.29) is 6.61 Å². The van der Waals surface area contributed by atoms with Gasteiger partial charge in [0.1, 0.15) is 17.1 Å². The second kappa shape index (κ2) is 6.72. The van der Waals surface area contributed by atoms with Crippen molar-refractivity contribution in [1.82, 2.24) is 0 Å². The lowest BCUT2D eigenvalue weighted by atomic mass is 10.1. The maximum Gasteiger partial charge on any atom is 0.349 e. The first-order valence-electron chi connectivity index (χ1n) is 8.04. The lowest BCUT2D eigenvalue weighted by Crippen LogP contribution is -2.17. The van der Waals surface area contributed by atoms with E-state index in [1.165, 1.54) is 12.1 Å². The number of carbonyl (C=O) groups excluding carboxylic acids is 1. The minimum absolute atomic E-state index is 0.227.